The van der Waals surface area contributed by atoms with Gasteiger partial charge in [-0.15, -0.1) is 0 Å². The smallest absolute Gasteiger partial charge is 0.382 e. The number of halogens is 8. The number of aliphatic hydroxyl groups excluding tert-OH is 1. The van der Waals surface area contributed by atoms with Crippen molar-refractivity contribution in [2.45, 2.75) is 37.2 Å². The number of benzene rings is 1. The molecular weight excluding hydrogens is 400 g/mol. The van der Waals surface area contributed by atoms with Crippen LogP contribution in [0.3, 0.4) is 0 Å². The largest absolute Gasteiger partial charge is 0.418 e. The molecule has 11 heteroatoms. The Labute approximate surface area is 152 Å². The van der Waals surface area contributed by atoms with E-state index in [2.05, 4.69) is 4.85 Å². The minimum atomic E-state index is -5.10. The Morgan fingerprint density at radius 3 is 2.21 bits per heavy atom. The Hall–Kier alpha value is -2.61. The topological polar surface area (TPSA) is 29.5 Å². The predicted octanol–water partition coefficient (Wildman–Crippen LogP) is 5.68. The first-order valence-electron chi connectivity index (χ1n) is 7.73. The summed E-state index contributed by atoms with van der Waals surface area (Å²) < 4.78 is 108. The van der Waals surface area contributed by atoms with Gasteiger partial charge in [0.15, 0.2) is 5.69 Å². The van der Waals surface area contributed by atoms with E-state index in [1.807, 2.05) is 0 Å². The summed E-state index contributed by atoms with van der Waals surface area (Å²) in [5.41, 5.74) is -5.44. The summed E-state index contributed by atoms with van der Waals surface area (Å²) in [6, 6.07) is 2.26. The molecule has 0 radical (unpaired) electrons. The van der Waals surface area contributed by atoms with E-state index in [9.17, 15) is 40.2 Å². The van der Waals surface area contributed by atoms with Gasteiger partial charge in [0.05, 0.1) is 17.7 Å². The van der Waals surface area contributed by atoms with Crippen LogP contribution in [0.5, 0.6) is 0 Å². The van der Waals surface area contributed by atoms with Gasteiger partial charge in [-0.2, -0.15) is 26.3 Å². The summed E-state index contributed by atoms with van der Waals surface area (Å²) in [5.74, 6) is -3.80. The van der Waals surface area contributed by atoms with Crippen molar-refractivity contribution in [3.05, 3.63) is 58.2 Å². The molecular formula is C17H10F8N2O. The number of aliphatic hydroxyl groups is 1. The normalized spacial score (nSPS) is 19.2. The fourth-order valence-electron chi connectivity index (χ4n) is 3.21. The molecule has 1 aromatic heterocycles. The van der Waals surface area contributed by atoms with E-state index >= 15 is 0 Å². The van der Waals surface area contributed by atoms with Gasteiger partial charge in [0.2, 0.25) is 0 Å². The van der Waals surface area contributed by atoms with E-state index in [1.54, 1.807) is 0 Å². The quantitative estimate of drug-likeness (QED) is 0.476. The lowest BCUT2D eigenvalue weighted by Crippen LogP contribution is -2.33. The molecule has 1 aromatic carbocycles. The maximum atomic E-state index is 13.8. The van der Waals surface area contributed by atoms with Crippen molar-refractivity contribution in [2.75, 3.05) is 0 Å². The minimum absolute atomic E-state index is 0.352. The van der Waals surface area contributed by atoms with Crippen LogP contribution in [0.1, 0.15) is 34.9 Å². The number of fused-ring (bicyclic) bond motifs is 1. The molecule has 0 amide bonds. The van der Waals surface area contributed by atoms with Gasteiger partial charge in [0, 0.05) is 29.6 Å². The molecule has 0 spiro atoms. The standard InChI is InChI=1S/C17H10F8N2O/c1-26-11-3-2-8(6-9(11)16(20,21)22)27-7-10(17(23,24)25)13-12(27)4-5-15(18,19)14(13)28/h2-3,6-7,14,28H,4-5H2. The molecule has 0 bridgehead atoms. The molecule has 1 unspecified atom stereocenters. The molecule has 0 saturated heterocycles. The molecule has 1 aliphatic carbocycles. The second-order valence-electron chi connectivity index (χ2n) is 6.25. The summed E-state index contributed by atoms with van der Waals surface area (Å²) in [6.07, 6.45) is -13.9. The zero-order valence-electron chi connectivity index (χ0n) is 13.7. The average Bonchev–Trinajstić information content (AvgIpc) is 2.97. The molecule has 2 aromatic rings. The second-order valence-corrected chi connectivity index (χ2v) is 6.25. The third-order valence-electron chi connectivity index (χ3n) is 4.51. The number of rotatable bonds is 1. The molecule has 1 aliphatic rings. The van der Waals surface area contributed by atoms with Crippen molar-refractivity contribution in [3.8, 4) is 5.69 Å². The van der Waals surface area contributed by atoms with Crippen LogP contribution in [0.15, 0.2) is 24.4 Å². The van der Waals surface area contributed by atoms with Crippen LogP contribution in [0.2, 0.25) is 0 Å². The Morgan fingerprint density at radius 2 is 1.68 bits per heavy atom. The molecule has 0 fully saturated rings. The monoisotopic (exact) mass is 410 g/mol. The van der Waals surface area contributed by atoms with Crippen LogP contribution in [-0.4, -0.2) is 15.6 Å². The number of nitrogens with zero attached hydrogens (tertiary/aromatic N) is 2. The predicted molar refractivity (Wildman–Crippen MR) is 80.3 cm³/mol. The summed E-state index contributed by atoms with van der Waals surface area (Å²) in [7, 11) is 0. The van der Waals surface area contributed by atoms with Crippen molar-refractivity contribution in [3.63, 3.8) is 0 Å². The molecule has 1 N–H and O–H groups in total. The van der Waals surface area contributed by atoms with Crippen molar-refractivity contribution in [2.24, 2.45) is 0 Å². The third kappa shape index (κ3) is 3.22. The van der Waals surface area contributed by atoms with E-state index in [0.717, 1.165) is 12.1 Å². The highest BCUT2D eigenvalue weighted by Gasteiger charge is 2.50. The van der Waals surface area contributed by atoms with E-state index in [0.29, 0.717) is 16.8 Å². The lowest BCUT2D eigenvalue weighted by molar-refractivity contribution is -0.147. The number of alkyl halides is 8. The van der Waals surface area contributed by atoms with Crippen molar-refractivity contribution in [1.82, 2.24) is 4.57 Å². The lowest BCUT2D eigenvalue weighted by atomic mass is 9.89. The van der Waals surface area contributed by atoms with Gasteiger partial charge in [0.25, 0.3) is 5.92 Å². The van der Waals surface area contributed by atoms with E-state index in [1.165, 1.54) is 0 Å². The zero-order chi connectivity index (χ0) is 21.1. The third-order valence-corrected chi connectivity index (χ3v) is 4.51. The van der Waals surface area contributed by atoms with Crippen LogP contribution in [0.4, 0.5) is 40.8 Å². The summed E-state index contributed by atoms with van der Waals surface area (Å²) >= 11 is 0. The van der Waals surface area contributed by atoms with E-state index in [4.69, 9.17) is 6.57 Å². The first kappa shape index (κ1) is 20.1. The highest BCUT2D eigenvalue weighted by molar-refractivity contribution is 5.59. The SMILES string of the molecule is [C-]#[N+]c1ccc(-n2cc(C(F)(F)F)c3c2CCC(F)(F)C3O)cc1C(F)(F)F. The van der Waals surface area contributed by atoms with Crippen LogP contribution >= 0.6 is 0 Å². The Morgan fingerprint density at radius 1 is 1.07 bits per heavy atom. The molecule has 1 atom stereocenters. The maximum Gasteiger partial charge on any atom is 0.418 e. The first-order chi connectivity index (χ1) is 12.8. The first-order valence-corrected chi connectivity index (χ1v) is 7.73. The number of hydrogen-bond donors (Lipinski definition) is 1. The van der Waals surface area contributed by atoms with Crippen LogP contribution in [0, 0.1) is 6.57 Å². The summed E-state index contributed by atoms with van der Waals surface area (Å²) in [4.78, 5) is 2.74. The van der Waals surface area contributed by atoms with Gasteiger partial charge >= 0.3 is 12.4 Å². The fourth-order valence-corrected chi connectivity index (χ4v) is 3.21. The number of hydrogen-bond acceptors (Lipinski definition) is 1. The van der Waals surface area contributed by atoms with Crippen molar-refractivity contribution in [1.29, 1.82) is 0 Å². The van der Waals surface area contributed by atoms with Crippen molar-refractivity contribution >= 4 is 5.69 Å². The van der Waals surface area contributed by atoms with Crippen LogP contribution in [-0.2, 0) is 18.8 Å². The maximum absolute atomic E-state index is 13.8. The van der Waals surface area contributed by atoms with Gasteiger partial charge in [-0.1, -0.05) is 6.07 Å². The molecule has 1 heterocycles. The summed E-state index contributed by atoms with van der Waals surface area (Å²) in [6.45, 7) is 6.80. The van der Waals surface area contributed by atoms with Gasteiger partial charge in [0.1, 0.15) is 6.10 Å². The van der Waals surface area contributed by atoms with Crippen molar-refractivity contribution < 1.29 is 40.2 Å². The highest BCUT2D eigenvalue weighted by atomic mass is 19.4. The Balaban J connectivity index is 2.27. The molecule has 3 rings (SSSR count). The molecule has 28 heavy (non-hydrogen) atoms. The van der Waals surface area contributed by atoms with Gasteiger partial charge in [-0.3, -0.25) is 0 Å². The average molecular weight is 410 g/mol. The molecule has 150 valence electrons. The van der Waals surface area contributed by atoms with Crippen LogP contribution in [0.25, 0.3) is 10.5 Å². The second kappa shape index (κ2) is 6.20. The number of aromatic nitrogens is 1. The van der Waals surface area contributed by atoms with Gasteiger partial charge in [-0.25, -0.2) is 13.6 Å². The highest BCUT2D eigenvalue weighted by Crippen LogP contribution is 2.48. The Kier molecular flexibility index (Phi) is 4.46. The fraction of sp³-hybridized carbons (Fsp3) is 0.353. The van der Waals surface area contributed by atoms with E-state index in [-0.39, 0.29) is 11.4 Å². The van der Waals surface area contributed by atoms with E-state index < -0.39 is 59.6 Å². The Bertz CT molecular complexity index is 965. The molecule has 0 aliphatic heterocycles. The zero-order valence-corrected chi connectivity index (χ0v) is 13.7. The minimum Gasteiger partial charge on any atom is -0.382 e. The lowest BCUT2D eigenvalue weighted by Gasteiger charge is -2.29. The molecule has 3 nitrogen and oxygen atoms in total. The summed E-state index contributed by atoms with van der Waals surface area (Å²) in [5, 5.41) is 9.78. The molecule has 0 saturated carbocycles. The van der Waals surface area contributed by atoms with Crippen LogP contribution < -0.4 is 0 Å². The van der Waals surface area contributed by atoms with Gasteiger partial charge < -0.3 is 9.67 Å². The van der Waals surface area contributed by atoms with Gasteiger partial charge in [-0.05, 0) is 18.6 Å².